The summed E-state index contributed by atoms with van der Waals surface area (Å²) >= 11 is 0. The molecule has 0 saturated carbocycles. The summed E-state index contributed by atoms with van der Waals surface area (Å²) in [4.78, 5) is 33.1. The van der Waals surface area contributed by atoms with E-state index in [9.17, 15) is 14.4 Å². The normalized spacial score (nSPS) is 9.90. The van der Waals surface area contributed by atoms with E-state index in [4.69, 9.17) is 14.6 Å². The number of unbranched alkanes of at least 4 members (excludes halogenated alkanes) is 1. The molecule has 1 rings (SSSR count). The number of ether oxygens (including phenoxy) is 2. The molecule has 1 aromatic rings. The summed E-state index contributed by atoms with van der Waals surface area (Å²) in [5, 5.41) is 8.43. The molecule has 0 spiro atoms. The van der Waals surface area contributed by atoms with Gasteiger partial charge in [-0.25, -0.2) is 4.79 Å². The third-order valence-electron chi connectivity index (χ3n) is 2.61. The minimum absolute atomic E-state index is 0.00363. The summed E-state index contributed by atoms with van der Waals surface area (Å²) in [6.07, 6.45) is 1.12. The molecule has 0 unspecified atom stereocenters. The van der Waals surface area contributed by atoms with Gasteiger partial charge in [-0.2, -0.15) is 0 Å². The topological polar surface area (TPSA) is 89.9 Å². The largest absolute Gasteiger partial charge is 0.481 e. The molecule has 0 fully saturated rings. The van der Waals surface area contributed by atoms with Crippen LogP contribution in [0.3, 0.4) is 0 Å². The number of benzene rings is 1. The van der Waals surface area contributed by atoms with Crippen molar-refractivity contribution in [1.29, 1.82) is 0 Å². The van der Waals surface area contributed by atoms with Crippen LogP contribution in [0.1, 0.15) is 36.0 Å². The highest BCUT2D eigenvalue weighted by atomic mass is 16.6. The van der Waals surface area contributed by atoms with Gasteiger partial charge in [0.25, 0.3) is 0 Å². The number of esters is 2. The number of carboxylic acids is 1. The summed E-state index contributed by atoms with van der Waals surface area (Å²) < 4.78 is 9.81. The zero-order chi connectivity index (χ0) is 15.5. The average Bonchev–Trinajstić information content (AvgIpc) is 2.48. The number of carbonyl (C=O) groups is 3. The van der Waals surface area contributed by atoms with E-state index in [0.717, 1.165) is 0 Å². The minimum Gasteiger partial charge on any atom is -0.481 e. The van der Waals surface area contributed by atoms with Crippen molar-refractivity contribution in [2.75, 3.05) is 13.2 Å². The Hall–Kier alpha value is -2.37. The van der Waals surface area contributed by atoms with Crippen molar-refractivity contribution in [1.82, 2.24) is 0 Å². The number of hydrogen-bond donors (Lipinski definition) is 1. The molecule has 0 radical (unpaired) electrons. The molecule has 6 heteroatoms. The maximum atomic E-state index is 11.5. The van der Waals surface area contributed by atoms with E-state index in [-0.39, 0.29) is 26.1 Å². The highest BCUT2D eigenvalue weighted by molar-refractivity contribution is 5.89. The second-order valence-corrected chi connectivity index (χ2v) is 4.32. The molecule has 0 aliphatic carbocycles. The van der Waals surface area contributed by atoms with Crippen molar-refractivity contribution in [2.24, 2.45) is 0 Å². The van der Waals surface area contributed by atoms with Crippen molar-refractivity contribution in [2.45, 2.75) is 25.7 Å². The highest BCUT2D eigenvalue weighted by Gasteiger charge is 2.07. The second-order valence-electron chi connectivity index (χ2n) is 4.32. The first-order chi connectivity index (χ1) is 10.1. The van der Waals surface area contributed by atoms with Crippen LogP contribution < -0.4 is 0 Å². The van der Waals surface area contributed by atoms with Crippen LogP contribution in [0.2, 0.25) is 0 Å². The molecule has 0 aliphatic rings. The van der Waals surface area contributed by atoms with Gasteiger partial charge in [0.2, 0.25) is 0 Å². The van der Waals surface area contributed by atoms with Crippen LogP contribution in [-0.2, 0) is 19.1 Å². The number of carbonyl (C=O) groups excluding carboxylic acids is 2. The Morgan fingerprint density at radius 2 is 1.52 bits per heavy atom. The standard InChI is InChI=1S/C15H18O6/c16-13(17)8-4-5-9-14(18)20-10-11-21-15(19)12-6-2-1-3-7-12/h1-3,6-7H,4-5,8-11H2,(H,16,17). The fourth-order valence-corrected chi connectivity index (χ4v) is 1.57. The van der Waals surface area contributed by atoms with E-state index in [1.54, 1.807) is 30.3 Å². The van der Waals surface area contributed by atoms with Gasteiger partial charge in [0.15, 0.2) is 0 Å². The van der Waals surface area contributed by atoms with Crippen LogP contribution in [0.5, 0.6) is 0 Å². The monoisotopic (exact) mass is 294 g/mol. The number of hydrogen-bond acceptors (Lipinski definition) is 5. The van der Waals surface area contributed by atoms with Crippen molar-refractivity contribution in [3.63, 3.8) is 0 Å². The Balaban J connectivity index is 2.07. The first kappa shape index (κ1) is 16.7. The second kappa shape index (κ2) is 9.52. The Morgan fingerprint density at radius 3 is 2.19 bits per heavy atom. The van der Waals surface area contributed by atoms with E-state index in [1.165, 1.54) is 0 Å². The molecule has 0 heterocycles. The first-order valence-electron chi connectivity index (χ1n) is 6.69. The van der Waals surface area contributed by atoms with Crippen molar-refractivity contribution < 1.29 is 29.0 Å². The van der Waals surface area contributed by atoms with E-state index in [0.29, 0.717) is 18.4 Å². The van der Waals surface area contributed by atoms with E-state index >= 15 is 0 Å². The third kappa shape index (κ3) is 7.71. The Morgan fingerprint density at radius 1 is 0.905 bits per heavy atom. The molecule has 114 valence electrons. The van der Waals surface area contributed by atoms with Gasteiger partial charge in [0.05, 0.1) is 5.56 Å². The van der Waals surface area contributed by atoms with Crippen LogP contribution in [0.15, 0.2) is 30.3 Å². The van der Waals surface area contributed by atoms with Gasteiger partial charge in [-0.15, -0.1) is 0 Å². The molecule has 21 heavy (non-hydrogen) atoms. The van der Waals surface area contributed by atoms with Gasteiger partial charge in [-0.1, -0.05) is 18.2 Å². The van der Waals surface area contributed by atoms with Crippen LogP contribution >= 0.6 is 0 Å². The van der Waals surface area contributed by atoms with Gasteiger partial charge < -0.3 is 14.6 Å². The third-order valence-corrected chi connectivity index (χ3v) is 2.61. The fourth-order valence-electron chi connectivity index (χ4n) is 1.57. The zero-order valence-corrected chi connectivity index (χ0v) is 11.6. The molecule has 0 bridgehead atoms. The zero-order valence-electron chi connectivity index (χ0n) is 11.6. The van der Waals surface area contributed by atoms with Crippen molar-refractivity contribution in [3.05, 3.63) is 35.9 Å². The van der Waals surface area contributed by atoms with Gasteiger partial charge in [-0.3, -0.25) is 9.59 Å². The molecule has 1 aromatic carbocycles. The van der Waals surface area contributed by atoms with Crippen LogP contribution in [0.25, 0.3) is 0 Å². The Kier molecular flexibility index (Phi) is 7.56. The summed E-state index contributed by atoms with van der Waals surface area (Å²) in [6, 6.07) is 8.53. The summed E-state index contributed by atoms with van der Waals surface area (Å²) in [5.41, 5.74) is 0.442. The van der Waals surface area contributed by atoms with Crippen LogP contribution in [0.4, 0.5) is 0 Å². The van der Waals surface area contributed by atoms with E-state index in [1.807, 2.05) is 0 Å². The molecule has 0 amide bonds. The summed E-state index contributed by atoms with van der Waals surface area (Å²) in [5.74, 6) is -1.76. The minimum atomic E-state index is -0.879. The van der Waals surface area contributed by atoms with Crippen molar-refractivity contribution in [3.8, 4) is 0 Å². The summed E-state index contributed by atoms with van der Waals surface area (Å²) in [7, 11) is 0. The first-order valence-corrected chi connectivity index (χ1v) is 6.69. The maximum absolute atomic E-state index is 11.5. The lowest BCUT2D eigenvalue weighted by Crippen LogP contribution is -2.14. The number of aliphatic carboxylic acids is 1. The quantitative estimate of drug-likeness (QED) is 0.553. The average molecular weight is 294 g/mol. The van der Waals surface area contributed by atoms with Crippen molar-refractivity contribution >= 4 is 17.9 Å². The molecule has 0 aromatic heterocycles. The Labute approximate surface area is 122 Å². The molecule has 0 atom stereocenters. The summed E-state index contributed by atoms with van der Waals surface area (Å²) in [6.45, 7) is -0.00900. The Bertz CT molecular complexity index is 468. The molecule has 1 N–H and O–H groups in total. The maximum Gasteiger partial charge on any atom is 0.338 e. The predicted molar refractivity (Wildman–Crippen MR) is 73.8 cm³/mol. The van der Waals surface area contributed by atoms with Gasteiger partial charge >= 0.3 is 17.9 Å². The number of rotatable bonds is 9. The SMILES string of the molecule is O=C(O)CCCCC(=O)OCCOC(=O)c1ccccc1. The lowest BCUT2D eigenvalue weighted by atomic mass is 10.2. The van der Waals surface area contributed by atoms with E-state index in [2.05, 4.69) is 0 Å². The van der Waals surface area contributed by atoms with E-state index < -0.39 is 17.9 Å². The molecule has 6 nitrogen and oxygen atoms in total. The predicted octanol–water partition coefficient (Wildman–Crippen LogP) is 2.03. The molecular weight excluding hydrogens is 276 g/mol. The molecule has 0 saturated heterocycles. The number of carboxylic acid groups (broad SMARTS) is 1. The smallest absolute Gasteiger partial charge is 0.338 e. The fraction of sp³-hybridized carbons (Fsp3) is 0.400. The van der Waals surface area contributed by atoms with Crippen LogP contribution in [-0.4, -0.2) is 36.2 Å². The lowest BCUT2D eigenvalue weighted by molar-refractivity contribution is -0.145. The van der Waals surface area contributed by atoms with Gasteiger partial charge in [0, 0.05) is 12.8 Å². The highest BCUT2D eigenvalue weighted by Crippen LogP contribution is 2.02. The molecular formula is C15H18O6. The lowest BCUT2D eigenvalue weighted by Gasteiger charge is -2.06. The van der Waals surface area contributed by atoms with Crippen LogP contribution in [0, 0.1) is 0 Å². The van der Waals surface area contributed by atoms with Gasteiger partial charge in [0.1, 0.15) is 13.2 Å². The van der Waals surface area contributed by atoms with Gasteiger partial charge in [-0.05, 0) is 25.0 Å². The molecule has 0 aliphatic heterocycles.